The van der Waals surface area contributed by atoms with Gasteiger partial charge in [-0.3, -0.25) is 0 Å². The Kier molecular flexibility index (Phi) is 12.1. The molecule has 1 aliphatic rings. The molecular weight excluding hydrogens is 415 g/mol. The standard InChI is InChI=1S/C26H42F3NO2/c1-20(8-5-3-4-6-10-25-21(2)9-7-17-32-25)11-16-24(31)19-30-18-22-12-14-23(15-13-22)26(27,28)29/h12-15,20-21,24-25,30-31H,3-11,16-19H2,1-2H3. The molecule has 2 rings (SSSR count). The Morgan fingerprint density at radius 2 is 1.78 bits per heavy atom. The van der Waals surface area contributed by atoms with Gasteiger partial charge in [-0.1, -0.05) is 58.1 Å². The highest BCUT2D eigenvalue weighted by atomic mass is 19.4. The third kappa shape index (κ3) is 10.7. The van der Waals surface area contributed by atoms with Gasteiger partial charge >= 0.3 is 6.18 Å². The monoisotopic (exact) mass is 457 g/mol. The number of hydrogen-bond acceptors (Lipinski definition) is 3. The van der Waals surface area contributed by atoms with Crippen LogP contribution in [-0.2, 0) is 17.5 Å². The maximum atomic E-state index is 12.6. The summed E-state index contributed by atoms with van der Waals surface area (Å²) in [5.74, 6) is 1.31. The molecule has 1 aliphatic heterocycles. The highest BCUT2D eigenvalue weighted by molar-refractivity contribution is 5.24. The van der Waals surface area contributed by atoms with E-state index in [0.717, 1.165) is 37.1 Å². The molecule has 1 saturated heterocycles. The molecular formula is C26H42F3NO2. The Hall–Kier alpha value is -1.11. The maximum absolute atomic E-state index is 12.6. The number of rotatable bonds is 14. The minimum atomic E-state index is -4.30. The summed E-state index contributed by atoms with van der Waals surface area (Å²) in [6.45, 7) is 6.40. The zero-order valence-electron chi connectivity index (χ0n) is 19.8. The van der Waals surface area contributed by atoms with E-state index in [4.69, 9.17) is 4.74 Å². The predicted octanol–water partition coefficient (Wildman–Crippen LogP) is 6.73. The molecule has 0 aromatic heterocycles. The lowest BCUT2D eigenvalue weighted by Crippen LogP contribution is -2.27. The average molecular weight is 458 g/mol. The minimum Gasteiger partial charge on any atom is -0.392 e. The molecule has 2 N–H and O–H groups in total. The molecule has 0 amide bonds. The summed E-state index contributed by atoms with van der Waals surface area (Å²) in [4.78, 5) is 0. The molecule has 6 heteroatoms. The van der Waals surface area contributed by atoms with Crippen LogP contribution < -0.4 is 5.32 Å². The highest BCUT2D eigenvalue weighted by Gasteiger charge is 2.29. The first-order chi connectivity index (χ1) is 15.3. The van der Waals surface area contributed by atoms with Crippen LogP contribution in [0.3, 0.4) is 0 Å². The van der Waals surface area contributed by atoms with Crippen LogP contribution in [-0.4, -0.2) is 30.5 Å². The second-order valence-corrected chi connectivity index (χ2v) is 9.68. The van der Waals surface area contributed by atoms with Crippen LogP contribution in [0.4, 0.5) is 13.2 Å². The van der Waals surface area contributed by atoms with Crippen molar-refractivity contribution in [2.75, 3.05) is 13.2 Å². The molecule has 0 radical (unpaired) electrons. The summed E-state index contributed by atoms with van der Waals surface area (Å²) >= 11 is 0. The van der Waals surface area contributed by atoms with Gasteiger partial charge in [0.1, 0.15) is 0 Å². The van der Waals surface area contributed by atoms with Crippen molar-refractivity contribution in [3.05, 3.63) is 35.4 Å². The second-order valence-electron chi connectivity index (χ2n) is 9.68. The van der Waals surface area contributed by atoms with Crippen molar-refractivity contribution in [2.45, 2.75) is 103 Å². The Morgan fingerprint density at radius 3 is 2.47 bits per heavy atom. The maximum Gasteiger partial charge on any atom is 0.416 e. The fourth-order valence-electron chi connectivity index (χ4n) is 4.47. The summed E-state index contributed by atoms with van der Waals surface area (Å²) in [7, 11) is 0. The van der Waals surface area contributed by atoms with Gasteiger partial charge < -0.3 is 15.2 Å². The zero-order valence-corrected chi connectivity index (χ0v) is 19.8. The van der Waals surface area contributed by atoms with E-state index in [1.807, 2.05) is 0 Å². The van der Waals surface area contributed by atoms with Gasteiger partial charge in [0, 0.05) is 19.7 Å². The number of unbranched alkanes of at least 4 members (excludes halogenated alkanes) is 3. The zero-order chi connectivity index (χ0) is 23.4. The number of aliphatic hydroxyl groups is 1. The Labute approximate surface area is 192 Å². The summed E-state index contributed by atoms with van der Waals surface area (Å²) in [6, 6.07) is 5.15. The second kappa shape index (κ2) is 14.2. The van der Waals surface area contributed by atoms with E-state index in [1.165, 1.54) is 63.5 Å². The van der Waals surface area contributed by atoms with Gasteiger partial charge in [0.15, 0.2) is 0 Å². The average Bonchev–Trinajstić information content (AvgIpc) is 2.75. The molecule has 0 saturated carbocycles. The van der Waals surface area contributed by atoms with Crippen LogP contribution in [0, 0.1) is 11.8 Å². The van der Waals surface area contributed by atoms with E-state index in [-0.39, 0.29) is 0 Å². The van der Waals surface area contributed by atoms with Crippen molar-refractivity contribution < 1.29 is 23.0 Å². The molecule has 1 aromatic rings. The summed E-state index contributed by atoms with van der Waals surface area (Å²) in [5, 5.41) is 13.3. The number of aliphatic hydroxyl groups excluding tert-OH is 1. The predicted molar refractivity (Wildman–Crippen MR) is 123 cm³/mol. The van der Waals surface area contributed by atoms with E-state index in [0.29, 0.717) is 31.0 Å². The van der Waals surface area contributed by atoms with Crippen molar-refractivity contribution in [3.8, 4) is 0 Å². The summed E-state index contributed by atoms with van der Waals surface area (Å²) in [5.41, 5.74) is 0.145. The van der Waals surface area contributed by atoms with Gasteiger partial charge in [0.2, 0.25) is 0 Å². The lowest BCUT2D eigenvalue weighted by atomic mass is 9.92. The van der Waals surface area contributed by atoms with Crippen molar-refractivity contribution >= 4 is 0 Å². The van der Waals surface area contributed by atoms with Gasteiger partial charge in [-0.25, -0.2) is 0 Å². The first-order valence-electron chi connectivity index (χ1n) is 12.4. The molecule has 1 heterocycles. The molecule has 3 nitrogen and oxygen atoms in total. The molecule has 0 spiro atoms. The topological polar surface area (TPSA) is 41.5 Å². The number of alkyl halides is 3. The molecule has 184 valence electrons. The first-order valence-corrected chi connectivity index (χ1v) is 12.4. The van der Waals surface area contributed by atoms with Crippen molar-refractivity contribution in [3.63, 3.8) is 0 Å². The van der Waals surface area contributed by atoms with Crippen LogP contribution in [0.15, 0.2) is 24.3 Å². The number of benzene rings is 1. The van der Waals surface area contributed by atoms with Crippen LogP contribution >= 0.6 is 0 Å². The first kappa shape index (κ1) is 27.1. The van der Waals surface area contributed by atoms with Crippen LogP contribution in [0.1, 0.15) is 89.2 Å². The number of halogens is 3. The number of nitrogens with one attached hydrogen (secondary N) is 1. The summed E-state index contributed by atoms with van der Waals surface area (Å²) < 4.78 is 43.7. The Morgan fingerprint density at radius 1 is 1.06 bits per heavy atom. The quantitative estimate of drug-likeness (QED) is 0.304. The van der Waals surface area contributed by atoms with Gasteiger partial charge in [0.25, 0.3) is 0 Å². The third-order valence-electron chi connectivity index (χ3n) is 6.69. The van der Waals surface area contributed by atoms with Gasteiger partial charge in [-0.15, -0.1) is 0 Å². The number of ether oxygens (including phenoxy) is 1. The minimum absolute atomic E-state index is 0.426. The van der Waals surface area contributed by atoms with E-state index >= 15 is 0 Å². The van der Waals surface area contributed by atoms with E-state index in [1.54, 1.807) is 0 Å². The number of hydrogen-bond donors (Lipinski definition) is 2. The molecule has 0 bridgehead atoms. The van der Waals surface area contributed by atoms with Crippen LogP contribution in [0.2, 0.25) is 0 Å². The smallest absolute Gasteiger partial charge is 0.392 e. The molecule has 1 aromatic carbocycles. The Balaban J connectivity index is 1.46. The highest BCUT2D eigenvalue weighted by Crippen LogP contribution is 2.29. The third-order valence-corrected chi connectivity index (χ3v) is 6.69. The molecule has 4 unspecified atom stereocenters. The fourth-order valence-corrected chi connectivity index (χ4v) is 4.47. The largest absolute Gasteiger partial charge is 0.416 e. The van der Waals surface area contributed by atoms with Gasteiger partial charge in [0.05, 0.1) is 17.8 Å². The normalized spacial score (nSPS) is 21.4. The van der Waals surface area contributed by atoms with E-state index in [2.05, 4.69) is 19.2 Å². The fraction of sp³-hybridized carbons (Fsp3) is 0.769. The SMILES string of the molecule is CC(CCCCCCC1OCCCC1C)CCC(O)CNCc1ccc(C(F)(F)F)cc1. The molecule has 0 aliphatic carbocycles. The van der Waals surface area contributed by atoms with Crippen molar-refractivity contribution in [1.29, 1.82) is 0 Å². The van der Waals surface area contributed by atoms with Gasteiger partial charge in [-0.05, 0) is 61.6 Å². The summed E-state index contributed by atoms with van der Waals surface area (Å²) in [6.07, 6.45) is 7.43. The van der Waals surface area contributed by atoms with Crippen molar-refractivity contribution in [1.82, 2.24) is 5.32 Å². The van der Waals surface area contributed by atoms with Crippen LogP contribution in [0.5, 0.6) is 0 Å². The van der Waals surface area contributed by atoms with E-state index in [9.17, 15) is 18.3 Å². The Bertz CT molecular complexity index is 620. The van der Waals surface area contributed by atoms with Gasteiger partial charge in [-0.2, -0.15) is 13.2 Å². The molecule has 1 fully saturated rings. The van der Waals surface area contributed by atoms with E-state index < -0.39 is 17.8 Å². The molecule has 32 heavy (non-hydrogen) atoms. The van der Waals surface area contributed by atoms with Crippen LogP contribution in [0.25, 0.3) is 0 Å². The lowest BCUT2D eigenvalue weighted by Gasteiger charge is -2.29. The lowest BCUT2D eigenvalue weighted by molar-refractivity contribution is -0.137. The molecule has 4 atom stereocenters. The van der Waals surface area contributed by atoms with Crippen molar-refractivity contribution in [2.24, 2.45) is 11.8 Å².